The maximum absolute atomic E-state index is 12.7. The van der Waals surface area contributed by atoms with Crippen molar-refractivity contribution in [1.82, 2.24) is 10.2 Å². The van der Waals surface area contributed by atoms with E-state index in [2.05, 4.69) is 10.6 Å². The van der Waals surface area contributed by atoms with Crippen molar-refractivity contribution in [3.05, 3.63) is 41.1 Å². The Balaban J connectivity index is 2.45. The Bertz CT molecular complexity index is 824. The van der Waals surface area contributed by atoms with E-state index in [9.17, 15) is 14.4 Å². The molecule has 7 nitrogen and oxygen atoms in total. The number of anilines is 1. The van der Waals surface area contributed by atoms with Crippen LogP contribution in [0.1, 0.15) is 59.6 Å². The summed E-state index contributed by atoms with van der Waals surface area (Å²) >= 11 is 0. The largest absolute Gasteiger partial charge is 0.463 e. The molecule has 1 aliphatic heterocycles. The van der Waals surface area contributed by atoms with E-state index in [1.54, 1.807) is 36.9 Å². The standard InChI is InChI=1S/C22H31N3O4/c1-7-12-25-14(3)17(19(26)29-8-2)18(24-21(25)28)15-10-9-11-16(13-15)23-20(27)22(4,5)6/h9-11,13,18H,7-8,12H2,1-6H3,(H,23,27)(H,24,28). The fourth-order valence-corrected chi connectivity index (χ4v) is 3.11. The van der Waals surface area contributed by atoms with Crippen LogP contribution in [0.25, 0.3) is 0 Å². The molecule has 1 aliphatic rings. The highest BCUT2D eigenvalue weighted by atomic mass is 16.5. The monoisotopic (exact) mass is 401 g/mol. The quantitative estimate of drug-likeness (QED) is 0.706. The van der Waals surface area contributed by atoms with Gasteiger partial charge in [-0.2, -0.15) is 0 Å². The molecular weight excluding hydrogens is 370 g/mol. The van der Waals surface area contributed by atoms with Gasteiger partial charge in [-0.3, -0.25) is 9.69 Å². The van der Waals surface area contributed by atoms with Gasteiger partial charge in [0.15, 0.2) is 0 Å². The van der Waals surface area contributed by atoms with Gasteiger partial charge in [0, 0.05) is 23.3 Å². The molecule has 0 aliphatic carbocycles. The molecule has 0 radical (unpaired) electrons. The Morgan fingerprint density at radius 3 is 2.52 bits per heavy atom. The maximum Gasteiger partial charge on any atom is 0.338 e. The molecule has 0 aromatic heterocycles. The lowest BCUT2D eigenvalue weighted by Crippen LogP contribution is -2.48. The van der Waals surface area contributed by atoms with E-state index in [0.717, 1.165) is 6.42 Å². The van der Waals surface area contributed by atoms with Crippen molar-refractivity contribution >= 4 is 23.6 Å². The molecule has 0 fully saturated rings. The number of rotatable bonds is 6. The van der Waals surface area contributed by atoms with Crippen LogP contribution in [0.4, 0.5) is 10.5 Å². The molecule has 1 atom stereocenters. The molecule has 2 rings (SSSR count). The van der Waals surface area contributed by atoms with Gasteiger partial charge in [-0.15, -0.1) is 0 Å². The Hall–Kier alpha value is -2.83. The van der Waals surface area contributed by atoms with E-state index >= 15 is 0 Å². The second-order valence-corrected chi connectivity index (χ2v) is 8.08. The summed E-state index contributed by atoms with van der Waals surface area (Å²) < 4.78 is 5.26. The molecule has 1 aromatic rings. The van der Waals surface area contributed by atoms with E-state index in [-0.39, 0.29) is 18.5 Å². The molecule has 2 N–H and O–H groups in total. The first-order valence-electron chi connectivity index (χ1n) is 9.97. The van der Waals surface area contributed by atoms with Gasteiger partial charge in [-0.25, -0.2) is 9.59 Å². The van der Waals surface area contributed by atoms with Crippen molar-refractivity contribution in [2.75, 3.05) is 18.5 Å². The minimum atomic E-state index is -0.652. The number of nitrogens with zero attached hydrogens (tertiary/aromatic N) is 1. The lowest BCUT2D eigenvalue weighted by molar-refractivity contribution is -0.139. The predicted octanol–water partition coefficient (Wildman–Crippen LogP) is 3.98. The number of urea groups is 1. The molecular formula is C22H31N3O4. The number of benzene rings is 1. The molecule has 1 heterocycles. The maximum atomic E-state index is 12.7. The highest BCUT2D eigenvalue weighted by Gasteiger charge is 2.36. The van der Waals surface area contributed by atoms with E-state index < -0.39 is 17.4 Å². The van der Waals surface area contributed by atoms with Gasteiger partial charge in [0.1, 0.15) is 0 Å². The summed E-state index contributed by atoms with van der Waals surface area (Å²) in [4.78, 5) is 39.3. The molecule has 1 aromatic carbocycles. The molecule has 0 saturated carbocycles. The average Bonchev–Trinajstić information content (AvgIpc) is 2.64. The van der Waals surface area contributed by atoms with Gasteiger partial charge in [0.2, 0.25) is 5.91 Å². The summed E-state index contributed by atoms with van der Waals surface area (Å²) in [5.74, 6) is -0.575. The van der Waals surface area contributed by atoms with Crippen LogP contribution in [-0.2, 0) is 14.3 Å². The minimum Gasteiger partial charge on any atom is -0.463 e. The number of hydrogen-bond acceptors (Lipinski definition) is 4. The third-order valence-electron chi connectivity index (χ3n) is 4.70. The zero-order chi connectivity index (χ0) is 21.8. The van der Waals surface area contributed by atoms with Crippen LogP contribution in [0, 0.1) is 5.41 Å². The van der Waals surface area contributed by atoms with Crippen molar-refractivity contribution < 1.29 is 19.1 Å². The fraction of sp³-hybridized carbons (Fsp3) is 0.500. The predicted molar refractivity (Wildman–Crippen MR) is 112 cm³/mol. The van der Waals surface area contributed by atoms with Crippen LogP contribution >= 0.6 is 0 Å². The van der Waals surface area contributed by atoms with Crippen LogP contribution in [0.3, 0.4) is 0 Å². The normalized spacial score (nSPS) is 17.1. The Kier molecular flexibility index (Phi) is 7.06. The van der Waals surface area contributed by atoms with E-state index in [1.807, 2.05) is 33.8 Å². The number of amides is 3. The van der Waals surface area contributed by atoms with Crippen LogP contribution in [0.5, 0.6) is 0 Å². The van der Waals surface area contributed by atoms with E-state index in [1.165, 1.54) is 0 Å². The molecule has 0 bridgehead atoms. The third kappa shape index (κ3) is 5.16. The third-order valence-corrected chi connectivity index (χ3v) is 4.70. The summed E-state index contributed by atoms with van der Waals surface area (Å²) in [5.41, 5.74) is 1.75. The van der Waals surface area contributed by atoms with Crippen molar-refractivity contribution in [1.29, 1.82) is 0 Å². The van der Waals surface area contributed by atoms with Gasteiger partial charge in [0.05, 0.1) is 18.2 Å². The molecule has 0 saturated heterocycles. The topological polar surface area (TPSA) is 87.7 Å². The van der Waals surface area contributed by atoms with E-state index in [0.29, 0.717) is 29.1 Å². The van der Waals surface area contributed by atoms with Gasteiger partial charge in [-0.05, 0) is 38.0 Å². The number of carbonyl (C=O) groups excluding carboxylic acids is 3. The number of esters is 1. The second-order valence-electron chi connectivity index (χ2n) is 8.08. The summed E-state index contributed by atoms with van der Waals surface area (Å²) in [6.07, 6.45) is 0.764. The first-order chi connectivity index (χ1) is 13.6. The van der Waals surface area contributed by atoms with Gasteiger partial charge in [0.25, 0.3) is 0 Å². The molecule has 29 heavy (non-hydrogen) atoms. The number of allylic oxidation sites excluding steroid dienone is 1. The SMILES string of the molecule is CCCN1C(=O)NC(c2cccc(NC(=O)C(C)(C)C)c2)C(C(=O)OCC)=C1C. The zero-order valence-electron chi connectivity index (χ0n) is 18.1. The van der Waals surface area contributed by atoms with Crippen molar-refractivity contribution in [3.63, 3.8) is 0 Å². The summed E-state index contributed by atoms with van der Waals surface area (Å²) in [5, 5.41) is 5.80. The Labute approximate surface area is 172 Å². The minimum absolute atomic E-state index is 0.117. The number of ether oxygens (including phenoxy) is 1. The number of carbonyl (C=O) groups is 3. The summed E-state index contributed by atoms with van der Waals surface area (Å²) in [6.45, 7) is 11.7. The van der Waals surface area contributed by atoms with Crippen molar-refractivity contribution in [2.45, 2.75) is 54.0 Å². The van der Waals surface area contributed by atoms with Crippen molar-refractivity contribution in [2.24, 2.45) is 5.41 Å². The van der Waals surface area contributed by atoms with Crippen LogP contribution in [0.15, 0.2) is 35.5 Å². The Morgan fingerprint density at radius 2 is 1.93 bits per heavy atom. The van der Waals surface area contributed by atoms with E-state index in [4.69, 9.17) is 4.74 Å². The molecule has 0 spiro atoms. The van der Waals surface area contributed by atoms with Gasteiger partial charge in [-0.1, -0.05) is 39.8 Å². The number of nitrogens with one attached hydrogen (secondary N) is 2. The molecule has 7 heteroatoms. The van der Waals surface area contributed by atoms with Crippen LogP contribution in [0.2, 0.25) is 0 Å². The van der Waals surface area contributed by atoms with Gasteiger partial charge >= 0.3 is 12.0 Å². The van der Waals surface area contributed by atoms with Gasteiger partial charge < -0.3 is 15.4 Å². The van der Waals surface area contributed by atoms with Crippen LogP contribution in [-0.4, -0.2) is 36.0 Å². The fourth-order valence-electron chi connectivity index (χ4n) is 3.11. The smallest absolute Gasteiger partial charge is 0.338 e. The second kappa shape index (κ2) is 9.11. The average molecular weight is 402 g/mol. The highest BCUT2D eigenvalue weighted by molar-refractivity contribution is 5.96. The Morgan fingerprint density at radius 1 is 1.24 bits per heavy atom. The highest BCUT2D eigenvalue weighted by Crippen LogP contribution is 2.32. The first-order valence-corrected chi connectivity index (χ1v) is 9.97. The zero-order valence-corrected chi connectivity index (χ0v) is 18.1. The van der Waals surface area contributed by atoms with Crippen molar-refractivity contribution in [3.8, 4) is 0 Å². The lowest BCUT2D eigenvalue weighted by Gasteiger charge is -2.35. The molecule has 3 amide bonds. The lowest BCUT2D eigenvalue weighted by atomic mass is 9.93. The summed E-state index contributed by atoms with van der Waals surface area (Å²) in [7, 11) is 0. The summed E-state index contributed by atoms with van der Waals surface area (Å²) in [6, 6.07) is 6.25. The molecule has 1 unspecified atom stereocenters. The van der Waals surface area contributed by atoms with Crippen LogP contribution < -0.4 is 10.6 Å². The molecule has 158 valence electrons. The number of hydrogen-bond donors (Lipinski definition) is 2. The first kappa shape index (κ1) is 22.5.